The number of hydrogen-bond acceptors (Lipinski definition) is 7. The highest BCUT2D eigenvalue weighted by atomic mass is 32.2. The second kappa shape index (κ2) is 11.7. The third-order valence-corrected chi connectivity index (χ3v) is 7.60. The van der Waals surface area contributed by atoms with E-state index in [1.54, 1.807) is 44.6 Å². The van der Waals surface area contributed by atoms with Crippen LogP contribution in [0.5, 0.6) is 11.5 Å². The molecule has 2 aromatic carbocycles. The quantitative estimate of drug-likeness (QED) is 0.428. The molecule has 36 heavy (non-hydrogen) atoms. The number of carbonyl (C=O) groups is 1. The highest BCUT2D eigenvalue weighted by molar-refractivity contribution is 7.92. The summed E-state index contributed by atoms with van der Waals surface area (Å²) in [5.74, 6) is 0.380. The van der Waals surface area contributed by atoms with E-state index in [0.717, 1.165) is 18.7 Å². The van der Waals surface area contributed by atoms with E-state index in [0.29, 0.717) is 53.8 Å². The molecule has 1 aliphatic rings. The van der Waals surface area contributed by atoms with Crippen LogP contribution in [0.25, 0.3) is 0 Å². The fourth-order valence-corrected chi connectivity index (χ4v) is 5.30. The number of nitrogens with zero attached hydrogens (tertiary/aromatic N) is 3. The SMILES string of the molecule is CCC(=Nc1ccc(N(CCN(CC)CC)S(C)(=O)=O)cc1)C1C(=O)Nc2cc(OC)c(OC)cc21. The minimum Gasteiger partial charge on any atom is -0.493 e. The standard InChI is InChI=1S/C26H36N4O5S/c1-7-21(25-20-16-23(34-4)24(35-5)17-22(20)28-26(25)31)27-18-10-12-19(13-11-18)30(36(6,32)33)15-14-29(8-2)9-3/h10-13,16-17,25H,7-9,14-15H2,1-6H3,(H,28,31). The molecule has 0 aromatic heterocycles. The van der Waals surface area contributed by atoms with Gasteiger partial charge in [-0.25, -0.2) is 8.42 Å². The van der Waals surface area contributed by atoms with Crippen molar-refractivity contribution in [3.05, 3.63) is 42.0 Å². The molecular weight excluding hydrogens is 480 g/mol. The number of sulfonamides is 1. The maximum absolute atomic E-state index is 12.9. The second-order valence-corrected chi connectivity index (χ2v) is 10.5. The number of carbonyl (C=O) groups excluding carboxylic acids is 1. The number of benzene rings is 2. The number of likely N-dealkylation sites (N-methyl/N-ethyl adjacent to an activating group) is 1. The van der Waals surface area contributed by atoms with Crippen LogP contribution in [-0.2, 0) is 14.8 Å². The van der Waals surface area contributed by atoms with Crippen LogP contribution in [0, 0.1) is 0 Å². The van der Waals surface area contributed by atoms with Crippen LogP contribution in [-0.4, -0.2) is 71.6 Å². The van der Waals surface area contributed by atoms with Gasteiger partial charge in [0.25, 0.3) is 0 Å². The molecule has 1 unspecified atom stereocenters. The van der Waals surface area contributed by atoms with Crippen LogP contribution >= 0.6 is 0 Å². The van der Waals surface area contributed by atoms with Crippen LogP contribution < -0.4 is 19.1 Å². The summed E-state index contributed by atoms with van der Waals surface area (Å²) < 4.78 is 37.1. The van der Waals surface area contributed by atoms with Crippen LogP contribution in [0.15, 0.2) is 41.4 Å². The molecule has 0 spiro atoms. The van der Waals surface area contributed by atoms with Crippen molar-refractivity contribution in [1.29, 1.82) is 0 Å². The minimum absolute atomic E-state index is 0.155. The van der Waals surface area contributed by atoms with E-state index in [9.17, 15) is 13.2 Å². The summed E-state index contributed by atoms with van der Waals surface area (Å²) in [6.07, 6.45) is 1.78. The van der Waals surface area contributed by atoms with Crippen molar-refractivity contribution >= 4 is 38.7 Å². The minimum atomic E-state index is -3.44. The third-order valence-electron chi connectivity index (χ3n) is 6.41. The molecule has 0 aliphatic carbocycles. The Morgan fingerprint density at radius 3 is 2.14 bits per heavy atom. The first-order valence-electron chi connectivity index (χ1n) is 12.1. The zero-order valence-electron chi connectivity index (χ0n) is 21.9. The Bertz CT molecular complexity index is 1210. The van der Waals surface area contributed by atoms with Crippen LogP contribution in [0.4, 0.5) is 17.1 Å². The average molecular weight is 517 g/mol. The van der Waals surface area contributed by atoms with Gasteiger partial charge in [0.2, 0.25) is 15.9 Å². The van der Waals surface area contributed by atoms with Crippen molar-refractivity contribution in [2.24, 2.45) is 4.99 Å². The topological polar surface area (TPSA) is 101 Å². The summed E-state index contributed by atoms with van der Waals surface area (Å²) in [6, 6.07) is 10.6. The summed E-state index contributed by atoms with van der Waals surface area (Å²) in [7, 11) is -0.333. The molecule has 10 heteroatoms. The van der Waals surface area contributed by atoms with E-state index in [1.165, 1.54) is 10.6 Å². The lowest BCUT2D eigenvalue weighted by atomic mass is 9.93. The first kappa shape index (κ1) is 27.5. The van der Waals surface area contributed by atoms with Gasteiger partial charge >= 0.3 is 0 Å². The van der Waals surface area contributed by atoms with E-state index in [1.807, 2.05) is 13.0 Å². The Labute approximate surface area is 214 Å². The fraction of sp³-hybridized carbons (Fsp3) is 0.462. The Morgan fingerprint density at radius 1 is 1.00 bits per heavy atom. The maximum Gasteiger partial charge on any atom is 0.237 e. The van der Waals surface area contributed by atoms with Gasteiger partial charge in [-0.15, -0.1) is 0 Å². The molecule has 0 bridgehead atoms. The zero-order valence-corrected chi connectivity index (χ0v) is 22.7. The van der Waals surface area contributed by atoms with Crippen molar-refractivity contribution in [3.63, 3.8) is 0 Å². The van der Waals surface area contributed by atoms with E-state index >= 15 is 0 Å². The molecule has 1 atom stereocenters. The van der Waals surface area contributed by atoms with E-state index in [-0.39, 0.29) is 5.91 Å². The summed E-state index contributed by atoms with van der Waals surface area (Å²) >= 11 is 0. The summed E-state index contributed by atoms with van der Waals surface area (Å²) in [6.45, 7) is 8.80. The smallest absolute Gasteiger partial charge is 0.237 e. The van der Waals surface area contributed by atoms with Gasteiger partial charge in [-0.3, -0.25) is 14.1 Å². The molecule has 1 N–H and O–H groups in total. The molecule has 0 fully saturated rings. The number of amides is 1. The molecule has 0 radical (unpaired) electrons. The van der Waals surface area contributed by atoms with Gasteiger partial charge in [0.05, 0.1) is 31.9 Å². The second-order valence-electron chi connectivity index (χ2n) is 8.55. The van der Waals surface area contributed by atoms with Crippen LogP contribution in [0.2, 0.25) is 0 Å². The molecule has 2 aromatic rings. The van der Waals surface area contributed by atoms with Crippen molar-refractivity contribution < 1.29 is 22.7 Å². The van der Waals surface area contributed by atoms with Gasteiger partial charge in [-0.2, -0.15) is 0 Å². The molecule has 196 valence electrons. The maximum atomic E-state index is 12.9. The van der Waals surface area contributed by atoms with Gasteiger partial charge in [0.15, 0.2) is 11.5 Å². The highest BCUT2D eigenvalue weighted by Gasteiger charge is 2.35. The molecule has 1 aliphatic heterocycles. The van der Waals surface area contributed by atoms with Gasteiger partial charge in [0, 0.05) is 30.6 Å². The van der Waals surface area contributed by atoms with E-state index < -0.39 is 15.9 Å². The summed E-state index contributed by atoms with van der Waals surface area (Å²) in [4.78, 5) is 19.9. The predicted molar refractivity (Wildman–Crippen MR) is 145 cm³/mol. The number of anilines is 2. The number of aliphatic imine (C=N–C) groups is 1. The highest BCUT2D eigenvalue weighted by Crippen LogP contribution is 2.42. The zero-order chi connectivity index (χ0) is 26.5. The number of methoxy groups -OCH3 is 2. The first-order chi connectivity index (χ1) is 17.2. The predicted octanol–water partition coefficient (Wildman–Crippen LogP) is 4.03. The molecule has 0 saturated carbocycles. The Hall–Kier alpha value is -3.11. The van der Waals surface area contributed by atoms with Gasteiger partial charge in [0.1, 0.15) is 5.92 Å². The molecule has 9 nitrogen and oxygen atoms in total. The average Bonchev–Trinajstić information content (AvgIpc) is 3.18. The first-order valence-corrected chi connectivity index (χ1v) is 14.0. The number of ether oxygens (including phenoxy) is 2. The molecule has 0 saturated heterocycles. The fourth-order valence-electron chi connectivity index (χ4n) is 4.38. The Kier molecular flexibility index (Phi) is 8.97. The normalized spacial score (nSPS) is 15.6. The van der Waals surface area contributed by atoms with Crippen molar-refractivity contribution in [1.82, 2.24) is 4.90 Å². The number of nitrogens with one attached hydrogen (secondary N) is 1. The summed E-state index contributed by atoms with van der Waals surface area (Å²) in [5, 5.41) is 2.91. The van der Waals surface area contributed by atoms with E-state index in [2.05, 4.69) is 24.1 Å². The lowest BCUT2D eigenvalue weighted by Crippen LogP contribution is -2.38. The van der Waals surface area contributed by atoms with Crippen LogP contribution in [0.3, 0.4) is 0 Å². The Morgan fingerprint density at radius 2 is 1.61 bits per heavy atom. The molecule has 1 amide bonds. The lowest BCUT2D eigenvalue weighted by Gasteiger charge is -2.26. The van der Waals surface area contributed by atoms with Gasteiger partial charge in [-0.1, -0.05) is 20.8 Å². The molecule has 1 heterocycles. The van der Waals surface area contributed by atoms with E-state index in [4.69, 9.17) is 14.5 Å². The lowest BCUT2D eigenvalue weighted by molar-refractivity contribution is -0.115. The van der Waals surface area contributed by atoms with Crippen molar-refractivity contribution in [2.75, 3.05) is 56.3 Å². The van der Waals surface area contributed by atoms with Crippen molar-refractivity contribution in [2.45, 2.75) is 33.1 Å². The van der Waals surface area contributed by atoms with Gasteiger partial charge in [-0.05, 0) is 55.4 Å². The number of rotatable bonds is 12. The third kappa shape index (κ3) is 5.99. The van der Waals surface area contributed by atoms with Gasteiger partial charge < -0.3 is 19.7 Å². The summed E-state index contributed by atoms with van der Waals surface area (Å²) in [5.41, 5.74) is 3.40. The van der Waals surface area contributed by atoms with Crippen LogP contribution in [0.1, 0.15) is 38.7 Å². The largest absolute Gasteiger partial charge is 0.493 e. The number of hydrogen-bond donors (Lipinski definition) is 1. The van der Waals surface area contributed by atoms with Crippen molar-refractivity contribution in [3.8, 4) is 11.5 Å². The Balaban J connectivity index is 1.90. The number of fused-ring (bicyclic) bond motifs is 1. The molecule has 3 rings (SSSR count). The molecular formula is C26H36N4O5S. The monoisotopic (exact) mass is 516 g/mol.